The Kier molecular flexibility index (Phi) is 38.3. The molecular weight excluding hydrogens is 731 g/mol. The molecule has 0 radical (unpaired) electrons. The van der Waals surface area contributed by atoms with Gasteiger partial charge in [-0.1, -0.05) is 232 Å². The Morgan fingerprint density at radius 2 is 0.862 bits per heavy atom. The summed E-state index contributed by atoms with van der Waals surface area (Å²) in [5.74, 6) is -0.139. The molecule has 7 atom stereocenters. The van der Waals surface area contributed by atoms with Crippen molar-refractivity contribution in [2.45, 2.75) is 294 Å². The van der Waals surface area contributed by atoms with Crippen molar-refractivity contribution in [1.29, 1.82) is 0 Å². The lowest BCUT2D eigenvalue weighted by atomic mass is 9.99. The first-order chi connectivity index (χ1) is 28.3. The Labute approximate surface area is 357 Å². The maximum Gasteiger partial charge on any atom is 0.220 e. The Morgan fingerprint density at radius 3 is 1.22 bits per heavy atom. The number of hydrogen-bond donors (Lipinski definition) is 6. The monoisotopic (exact) mass is 828 g/mol. The molecule has 0 aliphatic carbocycles. The molecule has 6 N–H and O–H groups in total. The number of carbonyl (C=O) groups excluding carboxylic acids is 1. The van der Waals surface area contributed by atoms with Gasteiger partial charge in [-0.3, -0.25) is 4.79 Å². The standard InChI is InChI=1S/C49H97NO8/c1-3-5-7-9-11-13-15-17-19-21-23-24-26-28-30-32-34-36-38-43(52)42(41-57-49-48(56)47(55)46(54)44(40-51)58-49)50-45(53)39-37-35-33-31-29-27-25-22-20-18-16-14-12-10-8-6-4-2/h42-44,46-49,51-52,54-56H,3-41H2,1-2H3,(H,50,53). The van der Waals surface area contributed by atoms with Gasteiger partial charge in [-0.25, -0.2) is 0 Å². The van der Waals surface area contributed by atoms with Crippen molar-refractivity contribution in [2.75, 3.05) is 13.2 Å². The minimum Gasteiger partial charge on any atom is -0.394 e. The van der Waals surface area contributed by atoms with Crippen molar-refractivity contribution in [3.05, 3.63) is 0 Å². The van der Waals surface area contributed by atoms with Gasteiger partial charge in [0.05, 0.1) is 25.4 Å². The molecule has 1 aliphatic heterocycles. The highest BCUT2D eigenvalue weighted by Crippen LogP contribution is 2.23. The molecule has 7 unspecified atom stereocenters. The van der Waals surface area contributed by atoms with Crippen molar-refractivity contribution in [3.63, 3.8) is 0 Å². The minimum absolute atomic E-state index is 0.131. The van der Waals surface area contributed by atoms with E-state index < -0.39 is 49.5 Å². The largest absolute Gasteiger partial charge is 0.394 e. The van der Waals surface area contributed by atoms with Gasteiger partial charge in [0.25, 0.3) is 0 Å². The first kappa shape index (κ1) is 55.2. The molecule has 9 nitrogen and oxygen atoms in total. The number of aliphatic hydroxyl groups excluding tert-OH is 5. The molecular formula is C49H97NO8. The molecule has 1 aliphatic rings. The van der Waals surface area contributed by atoms with Crippen LogP contribution in [0.4, 0.5) is 0 Å². The highest BCUT2D eigenvalue weighted by Gasteiger charge is 2.44. The maximum absolute atomic E-state index is 13.0. The average molecular weight is 828 g/mol. The highest BCUT2D eigenvalue weighted by atomic mass is 16.7. The average Bonchev–Trinajstić information content (AvgIpc) is 3.22. The molecule has 1 saturated heterocycles. The fourth-order valence-corrected chi connectivity index (χ4v) is 8.40. The summed E-state index contributed by atoms with van der Waals surface area (Å²) in [5, 5.41) is 54.5. The Bertz CT molecular complexity index is 878. The lowest BCUT2D eigenvalue weighted by molar-refractivity contribution is -0.302. The van der Waals surface area contributed by atoms with Crippen LogP contribution in [0.25, 0.3) is 0 Å². The van der Waals surface area contributed by atoms with Crippen LogP contribution in [0.1, 0.15) is 251 Å². The van der Waals surface area contributed by atoms with Crippen LogP contribution in [0, 0.1) is 0 Å². The van der Waals surface area contributed by atoms with E-state index in [0.29, 0.717) is 12.8 Å². The van der Waals surface area contributed by atoms with Gasteiger partial charge in [-0.15, -0.1) is 0 Å². The third-order valence-electron chi connectivity index (χ3n) is 12.5. The smallest absolute Gasteiger partial charge is 0.220 e. The number of rotatable bonds is 43. The molecule has 0 spiro atoms. The summed E-state index contributed by atoms with van der Waals surface area (Å²) in [6.07, 6.45) is 38.2. The van der Waals surface area contributed by atoms with Crippen LogP contribution in [-0.2, 0) is 14.3 Å². The van der Waals surface area contributed by atoms with E-state index in [-0.39, 0.29) is 12.5 Å². The number of ether oxygens (including phenoxy) is 2. The molecule has 1 amide bonds. The van der Waals surface area contributed by atoms with Gasteiger partial charge in [0, 0.05) is 6.42 Å². The quantitative estimate of drug-likeness (QED) is 0.0333. The number of nitrogens with one attached hydrogen (secondary N) is 1. The second-order valence-corrected chi connectivity index (χ2v) is 18.0. The van der Waals surface area contributed by atoms with Gasteiger partial charge >= 0.3 is 0 Å². The van der Waals surface area contributed by atoms with Crippen molar-refractivity contribution in [3.8, 4) is 0 Å². The van der Waals surface area contributed by atoms with Gasteiger partial charge < -0.3 is 40.3 Å². The molecule has 1 fully saturated rings. The fourth-order valence-electron chi connectivity index (χ4n) is 8.40. The van der Waals surface area contributed by atoms with E-state index >= 15 is 0 Å². The zero-order valence-electron chi connectivity index (χ0n) is 38.1. The van der Waals surface area contributed by atoms with E-state index in [0.717, 1.165) is 38.5 Å². The van der Waals surface area contributed by atoms with E-state index in [1.807, 2.05) is 0 Å². The summed E-state index contributed by atoms with van der Waals surface area (Å²) in [6, 6.07) is -0.712. The van der Waals surface area contributed by atoms with Crippen LogP contribution in [0.3, 0.4) is 0 Å². The van der Waals surface area contributed by atoms with Crippen molar-refractivity contribution >= 4 is 5.91 Å². The molecule has 0 aromatic rings. The van der Waals surface area contributed by atoms with E-state index in [2.05, 4.69) is 19.2 Å². The van der Waals surface area contributed by atoms with Gasteiger partial charge in [-0.05, 0) is 12.8 Å². The highest BCUT2D eigenvalue weighted by molar-refractivity contribution is 5.76. The van der Waals surface area contributed by atoms with E-state index in [1.165, 1.54) is 186 Å². The molecule has 0 aromatic heterocycles. The van der Waals surface area contributed by atoms with E-state index in [1.54, 1.807) is 0 Å². The van der Waals surface area contributed by atoms with Crippen LogP contribution in [0.15, 0.2) is 0 Å². The lowest BCUT2D eigenvalue weighted by Gasteiger charge is -2.40. The van der Waals surface area contributed by atoms with Gasteiger partial charge in [0.2, 0.25) is 5.91 Å². The Hall–Kier alpha value is -0.810. The van der Waals surface area contributed by atoms with Crippen LogP contribution in [0.5, 0.6) is 0 Å². The van der Waals surface area contributed by atoms with Crippen LogP contribution in [0.2, 0.25) is 0 Å². The third-order valence-corrected chi connectivity index (χ3v) is 12.5. The minimum atomic E-state index is -1.55. The summed E-state index contributed by atoms with van der Waals surface area (Å²) in [4.78, 5) is 13.0. The number of amides is 1. The van der Waals surface area contributed by atoms with Crippen molar-refractivity contribution < 1.29 is 39.8 Å². The molecule has 1 heterocycles. The van der Waals surface area contributed by atoms with Crippen LogP contribution < -0.4 is 5.32 Å². The first-order valence-electron chi connectivity index (χ1n) is 25.2. The normalized spacial score (nSPS) is 20.7. The molecule has 0 bridgehead atoms. The zero-order valence-corrected chi connectivity index (χ0v) is 38.1. The summed E-state index contributed by atoms with van der Waals surface area (Å²) in [5.41, 5.74) is 0. The zero-order chi connectivity index (χ0) is 42.3. The number of carbonyl (C=O) groups is 1. The first-order valence-corrected chi connectivity index (χ1v) is 25.2. The van der Waals surface area contributed by atoms with Gasteiger partial charge in [0.15, 0.2) is 6.29 Å². The molecule has 0 saturated carbocycles. The SMILES string of the molecule is CCCCCCCCCCCCCCCCCCCCC(O)C(COC1OC(CO)C(O)C(O)C1O)NC(=O)CCCCCCCCCCCCCCCCCCC. The second-order valence-electron chi connectivity index (χ2n) is 18.0. The van der Waals surface area contributed by atoms with Crippen LogP contribution >= 0.6 is 0 Å². The predicted octanol–water partition coefficient (Wildman–Crippen LogP) is 11.1. The summed E-state index contributed by atoms with van der Waals surface area (Å²) in [7, 11) is 0. The van der Waals surface area contributed by atoms with Gasteiger partial charge in [0.1, 0.15) is 24.4 Å². The number of unbranched alkanes of at least 4 members (excludes halogenated alkanes) is 33. The summed E-state index contributed by atoms with van der Waals surface area (Å²) in [6.45, 7) is 3.87. The molecule has 9 heteroatoms. The Morgan fingerprint density at radius 1 is 0.517 bits per heavy atom. The summed E-state index contributed by atoms with van der Waals surface area (Å²) < 4.78 is 11.3. The Balaban J connectivity index is 2.27. The van der Waals surface area contributed by atoms with Crippen LogP contribution in [-0.4, -0.2) is 87.5 Å². The van der Waals surface area contributed by atoms with E-state index in [9.17, 15) is 30.3 Å². The van der Waals surface area contributed by atoms with Crippen molar-refractivity contribution in [1.82, 2.24) is 5.32 Å². The molecule has 58 heavy (non-hydrogen) atoms. The number of hydrogen-bond acceptors (Lipinski definition) is 8. The number of aliphatic hydroxyl groups is 5. The van der Waals surface area contributed by atoms with Gasteiger partial charge in [-0.2, -0.15) is 0 Å². The summed E-state index contributed by atoms with van der Waals surface area (Å²) >= 11 is 0. The van der Waals surface area contributed by atoms with E-state index in [4.69, 9.17) is 9.47 Å². The molecule has 346 valence electrons. The molecule has 1 rings (SSSR count). The molecule has 0 aromatic carbocycles. The second kappa shape index (κ2) is 40.3. The fraction of sp³-hybridized carbons (Fsp3) is 0.980. The lowest BCUT2D eigenvalue weighted by Crippen LogP contribution is -2.60. The predicted molar refractivity (Wildman–Crippen MR) is 240 cm³/mol. The maximum atomic E-state index is 13.0. The van der Waals surface area contributed by atoms with Crippen molar-refractivity contribution in [2.24, 2.45) is 0 Å². The topological polar surface area (TPSA) is 149 Å². The third kappa shape index (κ3) is 30.3.